The summed E-state index contributed by atoms with van der Waals surface area (Å²) in [6.07, 6.45) is 1.03. The Balaban J connectivity index is 2.43. The van der Waals surface area contributed by atoms with Crippen molar-refractivity contribution in [2.75, 3.05) is 37.2 Å². The summed E-state index contributed by atoms with van der Waals surface area (Å²) in [5.74, 6) is -0.959. The molecule has 0 aliphatic rings. The molecular formula is C14H23N3O2. The van der Waals surface area contributed by atoms with Crippen LogP contribution in [0.4, 0.5) is 11.4 Å². The summed E-state index contributed by atoms with van der Waals surface area (Å²) in [7, 11) is 0. The molecule has 1 rings (SSSR count). The molecular weight excluding hydrogens is 242 g/mol. The average molecular weight is 265 g/mol. The topological polar surface area (TPSA) is 78.6 Å². The lowest BCUT2D eigenvalue weighted by Gasteiger charge is -2.18. The fraction of sp³-hybridized carbons (Fsp3) is 0.500. The molecule has 5 nitrogen and oxygen atoms in total. The molecule has 0 amide bonds. The lowest BCUT2D eigenvalue weighted by Crippen LogP contribution is -2.25. The van der Waals surface area contributed by atoms with Crippen molar-refractivity contribution in [1.82, 2.24) is 4.90 Å². The maximum Gasteiger partial charge on any atom is 0.335 e. The third-order valence-electron chi connectivity index (χ3n) is 3.16. The number of rotatable bonds is 8. The first kappa shape index (κ1) is 15.3. The quantitative estimate of drug-likeness (QED) is 0.495. The van der Waals surface area contributed by atoms with Crippen molar-refractivity contribution in [1.29, 1.82) is 0 Å². The summed E-state index contributed by atoms with van der Waals surface area (Å²) in [6.45, 7) is 8.30. The van der Waals surface area contributed by atoms with Crippen LogP contribution in [0.2, 0.25) is 0 Å². The highest BCUT2D eigenvalue weighted by Crippen LogP contribution is 2.19. The number of carbonyl (C=O) groups is 1. The number of nitrogens with zero attached hydrogens (tertiary/aromatic N) is 1. The second-order valence-electron chi connectivity index (χ2n) is 4.41. The SMILES string of the molecule is CCN(CC)CCCNc1ccc(C(=O)O)cc1N. The first-order valence-electron chi connectivity index (χ1n) is 6.67. The van der Waals surface area contributed by atoms with Crippen LogP contribution in [0.1, 0.15) is 30.6 Å². The van der Waals surface area contributed by atoms with E-state index in [2.05, 4.69) is 24.1 Å². The number of anilines is 2. The van der Waals surface area contributed by atoms with Gasteiger partial charge in [-0.25, -0.2) is 4.79 Å². The van der Waals surface area contributed by atoms with Crippen LogP contribution in [0.15, 0.2) is 18.2 Å². The number of carboxylic acids is 1. The Kier molecular flexibility index (Phi) is 6.15. The molecule has 0 spiro atoms. The first-order valence-corrected chi connectivity index (χ1v) is 6.67. The molecule has 1 aromatic carbocycles. The van der Waals surface area contributed by atoms with Crippen LogP contribution in [-0.4, -0.2) is 42.2 Å². The Morgan fingerprint density at radius 2 is 2.05 bits per heavy atom. The number of benzene rings is 1. The van der Waals surface area contributed by atoms with E-state index in [0.717, 1.165) is 38.3 Å². The number of aromatic carboxylic acids is 1. The molecule has 106 valence electrons. The van der Waals surface area contributed by atoms with Crippen molar-refractivity contribution in [3.8, 4) is 0 Å². The van der Waals surface area contributed by atoms with Crippen molar-refractivity contribution in [3.63, 3.8) is 0 Å². The zero-order valence-electron chi connectivity index (χ0n) is 11.6. The van der Waals surface area contributed by atoms with Crippen molar-refractivity contribution in [2.24, 2.45) is 0 Å². The number of carboxylic acid groups (broad SMARTS) is 1. The molecule has 0 saturated heterocycles. The molecule has 4 N–H and O–H groups in total. The minimum Gasteiger partial charge on any atom is -0.478 e. The van der Waals surface area contributed by atoms with Crippen molar-refractivity contribution in [2.45, 2.75) is 20.3 Å². The molecule has 5 heteroatoms. The van der Waals surface area contributed by atoms with Gasteiger partial charge in [0.2, 0.25) is 0 Å². The maximum atomic E-state index is 10.8. The van der Waals surface area contributed by atoms with E-state index in [1.807, 2.05) is 0 Å². The third kappa shape index (κ3) is 4.79. The molecule has 0 atom stereocenters. The zero-order valence-corrected chi connectivity index (χ0v) is 11.6. The second kappa shape index (κ2) is 7.63. The number of nitrogens with two attached hydrogens (primary N) is 1. The second-order valence-corrected chi connectivity index (χ2v) is 4.41. The van der Waals surface area contributed by atoms with Gasteiger partial charge < -0.3 is 21.1 Å². The lowest BCUT2D eigenvalue weighted by atomic mass is 10.1. The van der Waals surface area contributed by atoms with E-state index >= 15 is 0 Å². The molecule has 0 aromatic heterocycles. The number of hydrogen-bond acceptors (Lipinski definition) is 4. The summed E-state index contributed by atoms with van der Waals surface area (Å²) in [4.78, 5) is 13.1. The van der Waals surface area contributed by atoms with E-state index in [9.17, 15) is 4.79 Å². The van der Waals surface area contributed by atoms with E-state index in [0.29, 0.717) is 5.69 Å². The third-order valence-corrected chi connectivity index (χ3v) is 3.16. The molecule has 0 aliphatic carbocycles. The number of nitrogens with one attached hydrogen (secondary N) is 1. The van der Waals surface area contributed by atoms with Gasteiger partial charge in [0.05, 0.1) is 16.9 Å². The Morgan fingerprint density at radius 1 is 1.37 bits per heavy atom. The van der Waals surface area contributed by atoms with Crippen molar-refractivity contribution >= 4 is 17.3 Å². The largest absolute Gasteiger partial charge is 0.478 e. The Morgan fingerprint density at radius 3 is 2.58 bits per heavy atom. The predicted molar refractivity (Wildman–Crippen MR) is 78.7 cm³/mol. The highest BCUT2D eigenvalue weighted by molar-refractivity contribution is 5.90. The van der Waals surface area contributed by atoms with Gasteiger partial charge in [0.15, 0.2) is 0 Å². The van der Waals surface area contributed by atoms with Crippen LogP contribution >= 0.6 is 0 Å². The van der Waals surface area contributed by atoms with Gasteiger partial charge in [0, 0.05) is 6.54 Å². The smallest absolute Gasteiger partial charge is 0.335 e. The number of hydrogen-bond donors (Lipinski definition) is 3. The van der Waals surface area contributed by atoms with E-state index in [1.165, 1.54) is 6.07 Å². The fourth-order valence-electron chi connectivity index (χ4n) is 1.92. The van der Waals surface area contributed by atoms with Gasteiger partial charge in [-0.3, -0.25) is 0 Å². The molecule has 0 radical (unpaired) electrons. The summed E-state index contributed by atoms with van der Waals surface area (Å²) < 4.78 is 0. The monoisotopic (exact) mass is 265 g/mol. The first-order chi connectivity index (χ1) is 9.08. The molecule has 19 heavy (non-hydrogen) atoms. The Bertz CT molecular complexity index is 417. The predicted octanol–water partition coefficient (Wildman–Crippen LogP) is 2.11. The van der Waals surface area contributed by atoms with Crippen LogP contribution < -0.4 is 11.1 Å². The molecule has 0 fully saturated rings. The molecule has 0 bridgehead atoms. The van der Waals surface area contributed by atoms with Gasteiger partial charge in [-0.2, -0.15) is 0 Å². The summed E-state index contributed by atoms with van der Waals surface area (Å²) in [5.41, 5.74) is 7.30. The Labute approximate surface area is 114 Å². The molecule has 1 aromatic rings. The van der Waals surface area contributed by atoms with Gasteiger partial charge in [-0.05, 0) is 44.3 Å². The maximum absolute atomic E-state index is 10.8. The van der Waals surface area contributed by atoms with E-state index in [4.69, 9.17) is 10.8 Å². The van der Waals surface area contributed by atoms with Gasteiger partial charge in [0.25, 0.3) is 0 Å². The fourth-order valence-corrected chi connectivity index (χ4v) is 1.92. The van der Waals surface area contributed by atoms with Gasteiger partial charge in [-0.1, -0.05) is 13.8 Å². The Hall–Kier alpha value is -1.75. The van der Waals surface area contributed by atoms with Gasteiger partial charge in [0.1, 0.15) is 0 Å². The van der Waals surface area contributed by atoms with Crippen molar-refractivity contribution in [3.05, 3.63) is 23.8 Å². The minimum atomic E-state index is -0.959. The average Bonchev–Trinajstić information content (AvgIpc) is 2.40. The molecule has 0 unspecified atom stereocenters. The van der Waals surface area contributed by atoms with E-state index in [-0.39, 0.29) is 5.56 Å². The van der Waals surface area contributed by atoms with Crippen LogP contribution in [0, 0.1) is 0 Å². The normalized spacial score (nSPS) is 10.7. The van der Waals surface area contributed by atoms with Gasteiger partial charge in [-0.15, -0.1) is 0 Å². The molecule has 0 heterocycles. The summed E-state index contributed by atoms with van der Waals surface area (Å²) >= 11 is 0. The van der Waals surface area contributed by atoms with Crippen LogP contribution in [0.25, 0.3) is 0 Å². The van der Waals surface area contributed by atoms with Crippen LogP contribution in [0.5, 0.6) is 0 Å². The van der Waals surface area contributed by atoms with Crippen LogP contribution in [0.3, 0.4) is 0 Å². The summed E-state index contributed by atoms with van der Waals surface area (Å²) in [6, 6.07) is 4.76. The van der Waals surface area contributed by atoms with E-state index in [1.54, 1.807) is 12.1 Å². The molecule has 0 saturated carbocycles. The summed E-state index contributed by atoms with van der Waals surface area (Å²) in [5, 5.41) is 12.1. The highest BCUT2D eigenvalue weighted by Gasteiger charge is 2.06. The van der Waals surface area contributed by atoms with Crippen molar-refractivity contribution < 1.29 is 9.90 Å². The number of nitrogen functional groups attached to an aromatic ring is 1. The lowest BCUT2D eigenvalue weighted by molar-refractivity contribution is 0.0697. The van der Waals surface area contributed by atoms with Crippen LogP contribution in [-0.2, 0) is 0 Å². The minimum absolute atomic E-state index is 0.214. The zero-order chi connectivity index (χ0) is 14.3. The highest BCUT2D eigenvalue weighted by atomic mass is 16.4. The molecule has 0 aliphatic heterocycles. The van der Waals surface area contributed by atoms with Gasteiger partial charge >= 0.3 is 5.97 Å². The standard InChI is InChI=1S/C14H23N3O2/c1-3-17(4-2)9-5-8-16-13-7-6-11(14(18)19)10-12(13)15/h6-7,10,16H,3-5,8-9,15H2,1-2H3,(H,18,19). The van der Waals surface area contributed by atoms with E-state index < -0.39 is 5.97 Å².